The van der Waals surface area contributed by atoms with Gasteiger partial charge < -0.3 is 10.1 Å². The maximum Gasteiger partial charge on any atom is 0.251 e. The summed E-state index contributed by atoms with van der Waals surface area (Å²) in [7, 11) is 1.70. The molecule has 3 rings (SSSR count). The van der Waals surface area contributed by atoms with E-state index in [4.69, 9.17) is 16.3 Å². The highest BCUT2D eigenvalue weighted by atomic mass is 35.5. The van der Waals surface area contributed by atoms with Crippen LogP contribution in [0.4, 0.5) is 0 Å². The number of hydrogen-bond acceptors (Lipinski definition) is 4. The molecule has 1 aliphatic heterocycles. The Labute approximate surface area is 165 Å². The van der Waals surface area contributed by atoms with Gasteiger partial charge in [-0.3, -0.25) is 9.69 Å². The molecule has 1 aliphatic rings. The number of aromatic nitrogens is 1. The van der Waals surface area contributed by atoms with Crippen LogP contribution in [0.25, 0.3) is 0 Å². The first kappa shape index (κ1) is 19.6. The molecule has 5 nitrogen and oxygen atoms in total. The summed E-state index contributed by atoms with van der Waals surface area (Å²) in [5, 5.41) is 3.44. The third kappa shape index (κ3) is 4.25. The molecule has 0 aliphatic carbocycles. The fourth-order valence-corrected chi connectivity index (χ4v) is 3.93. The Kier molecular flexibility index (Phi) is 6.02. The van der Waals surface area contributed by atoms with Gasteiger partial charge in [-0.1, -0.05) is 17.7 Å². The predicted molar refractivity (Wildman–Crippen MR) is 108 cm³/mol. The van der Waals surface area contributed by atoms with Crippen LogP contribution in [-0.4, -0.2) is 42.0 Å². The van der Waals surface area contributed by atoms with Crippen molar-refractivity contribution in [3.05, 3.63) is 57.9 Å². The maximum atomic E-state index is 12.4. The quantitative estimate of drug-likeness (QED) is 0.790. The Morgan fingerprint density at radius 3 is 2.81 bits per heavy atom. The SMILES string of the molecule is COc1ccc(C(C)N2CC[C@@H](NC(=O)c3ccnc(Cl)c3)C2)c(C)c1C. The first-order valence-electron chi connectivity index (χ1n) is 9.21. The number of nitrogens with one attached hydrogen (secondary N) is 1. The van der Waals surface area contributed by atoms with Gasteiger partial charge in [0, 0.05) is 36.9 Å². The molecule has 0 bridgehead atoms. The first-order valence-corrected chi connectivity index (χ1v) is 9.59. The van der Waals surface area contributed by atoms with Crippen LogP contribution in [0, 0.1) is 13.8 Å². The summed E-state index contributed by atoms with van der Waals surface area (Å²) in [5.74, 6) is 0.821. The Hall–Kier alpha value is -2.11. The van der Waals surface area contributed by atoms with Crippen LogP contribution in [0.2, 0.25) is 5.15 Å². The number of rotatable bonds is 5. The van der Waals surface area contributed by atoms with E-state index in [0.29, 0.717) is 10.7 Å². The van der Waals surface area contributed by atoms with Gasteiger partial charge in [-0.15, -0.1) is 0 Å². The number of halogens is 1. The van der Waals surface area contributed by atoms with Crippen molar-refractivity contribution in [3.8, 4) is 5.75 Å². The number of likely N-dealkylation sites (tertiary alicyclic amines) is 1. The molecule has 0 spiro atoms. The number of nitrogens with zero attached hydrogens (tertiary/aromatic N) is 2. The number of carbonyl (C=O) groups excluding carboxylic acids is 1. The summed E-state index contributed by atoms with van der Waals surface area (Å²) in [4.78, 5) is 18.8. The minimum atomic E-state index is -0.102. The highest BCUT2D eigenvalue weighted by Gasteiger charge is 2.29. The summed E-state index contributed by atoms with van der Waals surface area (Å²) >= 11 is 5.88. The zero-order valence-electron chi connectivity index (χ0n) is 16.3. The van der Waals surface area contributed by atoms with Crippen molar-refractivity contribution in [2.75, 3.05) is 20.2 Å². The van der Waals surface area contributed by atoms with Crippen molar-refractivity contribution < 1.29 is 9.53 Å². The van der Waals surface area contributed by atoms with Crippen LogP contribution in [0.1, 0.15) is 46.4 Å². The molecule has 0 saturated carbocycles. The number of ether oxygens (including phenoxy) is 1. The summed E-state index contributed by atoms with van der Waals surface area (Å²) in [6.07, 6.45) is 2.48. The van der Waals surface area contributed by atoms with Crippen LogP contribution in [-0.2, 0) is 0 Å². The molecule has 1 N–H and O–H groups in total. The van der Waals surface area contributed by atoms with Crippen molar-refractivity contribution >= 4 is 17.5 Å². The summed E-state index contributed by atoms with van der Waals surface area (Å²) < 4.78 is 5.42. The molecule has 1 aromatic heterocycles. The van der Waals surface area contributed by atoms with Gasteiger partial charge in [-0.2, -0.15) is 0 Å². The zero-order chi connectivity index (χ0) is 19.6. The molecule has 27 heavy (non-hydrogen) atoms. The lowest BCUT2D eigenvalue weighted by Gasteiger charge is -2.27. The molecule has 2 atom stereocenters. The van der Waals surface area contributed by atoms with Crippen molar-refractivity contribution in [2.45, 2.75) is 39.3 Å². The number of methoxy groups -OCH3 is 1. The molecule has 1 aromatic carbocycles. The Balaban J connectivity index is 1.65. The van der Waals surface area contributed by atoms with Crippen molar-refractivity contribution in [3.63, 3.8) is 0 Å². The van der Waals surface area contributed by atoms with Crippen LogP contribution in [0.15, 0.2) is 30.5 Å². The van der Waals surface area contributed by atoms with E-state index in [1.807, 2.05) is 6.07 Å². The minimum Gasteiger partial charge on any atom is -0.496 e. The predicted octanol–water partition coefficient (Wildman–Crippen LogP) is 3.93. The molecule has 1 amide bonds. The normalized spacial score (nSPS) is 18.3. The molecule has 1 fully saturated rings. The van der Waals surface area contributed by atoms with E-state index in [-0.39, 0.29) is 18.0 Å². The van der Waals surface area contributed by atoms with Gasteiger partial charge in [0.2, 0.25) is 0 Å². The number of carbonyl (C=O) groups is 1. The lowest BCUT2D eigenvalue weighted by Crippen LogP contribution is -2.37. The molecule has 144 valence electrons. The summed E-state index contributed by atoms with van der Waals surface area (Å²) in [6.45, 7) is 8.24. The van der Waals surface area contributed by atoms with Crippen LogP contribution in [0.5, 0.6) is 5.75 Å². The molecular weight excluding hydrogens is 362 g/mol. The molecule has 2 aromatic rings. The van der Waals surface area contributed by atoms with Gasteiger partial charge in [-0.05, 0) is 62.1 Å². The number of pyridine rings is 1. The van der Waals surface area contributed by atoms with Crippen LogP contribution < -0.4 is 10.1 Å². The molecular formula is C21H26ClN3O2. The van der Waals surface area contributed by atoms with E-state index in [1.165, 1.54) is 16.7 Å². The fraction of sp³-hybridized carbons (Fsp3) is 0.429. The second kappa shape index (κ2) is 8.28. The van der Waals surface area contributed by atoms with Gasteiger partial charge in [0.1, 0.15) is 10.9 Å². The zero-order valence-corrected chi connectivity index (χ0v) is 17.0. The first-order chi connectivity index (χ1) is 12.9. The second-order valence-electron chi connectivity index (χ2n) is 7.10. The molecule has 2 heterocycles. The van der Waals surface area contributed by atoms with E-state index >= 15 is 0 Å². The highest BCUT2D eigenvalue weighted by molar-refractivity contribution is 6.29. The van der Waals surface area contributed by atoms with E-state index < -0.39 is 0 Å². The monoisotopic (exact) mass is 387 g/mol. The van der Waals surface area contributed by atoms with E-state index in [2.05, 4.69) is 42.0 Å². The lowest BCUT2D eigenvalue weighted by atomic mass is 9.97. The Bertz CT molecular complexity index is 840. The molecule has 6 heteroatoms. The van der Waals surface area contributed by atoms with Crippen molar-refractivity contribution in [1.82, 2.24) is 15.2 Å². The van der Waals surface area contributed by atoms with Crippen LogP contribution in [0.3, 0.4) is 0 Å². The highest BCUT2D eigenvalue weighted by Crippen LogP contribution is 2.32. The molecule has 1 saturated heterocycles. The number of amides is 1. The standard InChI is InChI=1S/C21H26ClN3O2/c1-13-14(2)19(27-4)6-5-18(13)15(3)25-10-8-17(12-25)24-21(26)16-7-9-23-20(22)11-16/h5-7,9,11,15,17H,8,10,12H2,1-4H3,(H,24,26)/t15?,17-/m1/s1. The number of benzene rings is 1. The third-order valence-electron chi connectivity index (χ3n) is 5.54. The van der Waals surface area contributed by atoms with Gasteiger partial charge in [0.25, 0.3) is 5.91 Å². The van der Waals surface area contributed by atoms with Crippen LogP contribution >= 0.6 is 11.6 Å². The number of hydrogen-bond donors (Lipinski definition) is 1. The Morgan fingerprint density at radius 1 is 1.33 bits per heavy atom. The maximum absolute atomic E-state index is 12.4. The summed E-state index contributed by atoms with van der Waals surface area (Å²) in [5.41, 5.74) is 4.30. The van der Waals surface area contributed by atoms with E-state index in [0.717, 1.165) is 25.3 Å². The average Bonchev–Trinajstić information content (AvgIpc) is 3.12. The lowest BCUT2D eigenvalue weighted by molar-refractivity contribution is 0.0936. The van der Waals surface area contributed by atoms with Gasteiger partial charge in [-0.25, -0.2) is 4.98 Å². The van der Waals surface area contributed by atoms with Gasteiger partial charge >= 0.3 is 0 Å². The van der Waals surface area contributed by atoms with E-state index in [1.54, 1.807) is 25.4 Å². The smallest absolute Gasteiger partial charge is 0.251 e. The fourth-order valence-electron chi connectivity index (χ4n) is 3.76. The average molecular weight is 388 g/mol. The Morgan fingerprint density at radius 2 is 2.11 bits per heavy atom. The van der Waals surface area contributed by atoms with Gasteiger partial charge in [0.05, 0.1) is 7.11 Å². The molecule has 0 radical (unpaired) electrons. The van der Waals surface area contributed by atoms with E-state index in [9.17, 15) is 4.79 Å². The minimum absolute atomic E-state index is 0.102. The second-order valence-corrected chi connectivity index (χ2v) is 7.49. The van der Waals surface area contributed by atoms with Gasteiger partial charge in [0.15, 0.2) is 0 Å². The summed E-state index contributed by atoms with van der Waals surface area (Å²) in [6, 6.07) is 7.88. The topological polar surface area (TPSA) is 54.5 Å². The van der Waals surface area contributed by atoms with Crippen molar-refractivity contribution in [1.29, 1.82) is 0 Å². The largest absolute Gasteiger partial charge is 0.496 e. The third-order valence-corrected chi connectivity index (χ3v) is 5.75. The molecule has 1 unspecified atom stereocenters. The van der Waals surface area contributed by atoms with Crippen molar-refractivity contribution in [2.24, 2.45) is 0 Å².